The van der Waals surface area contributed by atoms with Crippen LogP contribution >= 0.6 is 11.6 Å². The van der Waals surface area contributed by atoms with Crippen molar-refractivity contribution in [3.8, 4) is 0 Å². The molecule has 1 heterocycles. The second kappa shape index (κ2) is 2.40. The Kier molecular flexibility index (Phi) is 1.58. The van der Waals surface area contributed by atoms with Gasteiger partial charge in [-0.1, -0.05) is 17.7 Å². The maximum atomic E-state index is 6.06. The van der Waals surface area contributed by atoms with E-state index in [1.807, 2.05) is 12.1 Å². The minimum atomic E-state index is 0.160. The number of hydrogen-bond donors (Lipinski definition) is 1. The minimum Gasteiger partial charge on any atom is -0.380 e. The summed E-state index contributed by atoms with van der Waals surface area (Å²) in [6.07, 6.45) is 1.02. The number of nitrogens with one attached hydrogen (secondary N) is 1. The normalized spacial score (nSPS) is 18.6. The molecule has 1 N–H and O–H groups in total. The molecule has 0 unspecified atom stereocenters. The molecule has 12 heavy (non-hydrogen) atoms. The van der Waals surface area contributed by atoms with E-state index in [-0.39, 0.29) is 5.54 Å². The van der Waals surface area contributed by atoms with E-state index in [2.05, 4.69) is 25.2 Å². The second-order valence-electron chi connectivity index (χ2n) is 3.95. The molecule has 1 nitrogen and oxygen atoms in total. The topological polar surface area (TPSA) is 12.0 Å². The van der Waals surface area contributed by atoms with Gasteiger partial charge < -0.3 is 5.32 Å². The van der Waals surface area contributed by atoms with Crippen molar-refractivity contribution < 1.29 is 0 Å². The van der Waals surface area contributed by atoms with Crippen LogP contribution in [-0.4, -0.2) is 5.54 Å². The summed E-state index contributed by atoms with van der Waals surface area (Å²) in [4.78, 5) is 0. The van der Waals surface area contributed by atoms with Gasteiger partial charge in [0.15, 0.2) is 0 Å². The van der Waals surface area contributed by atoms with Gasteiger partial charge >= 0.3 is 0 Å². The summed E-state index contributed by atoms with van der Waals surface area (Å²) in [7, 11) is 0. The van der Waals surface area contributed by atoms with Crippen LogP contribution in [0.5, 0.6) is 0 Å². The van der Waals surface area contributed by atoms with E-state index in [0.29, 0.717) is 0 Å². The first kappa shape index (κ1) is 7.93. The summed E-state index contributed by atoms with van der Waals surface area (Å²) >= 11 is 6.06. The summed E-state index contributed by atoms with van der Waals surface area (Å²) in [6, 6.07) is 6.01. The number of hydrogen-bond acceptors (Lipinski definition) is 1. The predicted molar refractivity (Wildman–Crippen MR) is 52.9 cm³/mol. The van der Waals surface area contributed by atoms with Crippen LogP contribution in [0.25, 0.3) is 0 Å². The highest BCUT2D eigenvalue weighted by Crippen LogP contribution is 2.36. The van der Waals surface area contributed by atoms with Gasteiger partial charge in [0.25, 0.3) is 0 Å². The van der Waals surface area contributed by atoms with E-state index in [1.165, 1.54) is 11.3 Å². The van der Waals surface area contributed by atoms with Gasteiger partial charge in [-0.3, -0.25) is 0 Å². The lowest BCUT2D eigenvalue weighted by Crippen LogP contribution is -2.27. The van der Waals surface area contributed by atoms with Crippen molar-refractivity contribution in [2.24, 2.45) is 0 Å². The van der Waals surface area contributed by atoms with Crippen molar-refractivity contribution in [3.05, 3.63) is 28.8 Å². The van der Waals surface area contributed by atoms with Crippen LogP contribution in [0.15, 0.2) is 18.2 Å². The lowest BCUT2D eigenvalue weighted by Gasteiger charge is -2.17. The predicted octanol–water partition coefficient (Wildman–Crippen LogP) is 3.09. The van der Waals surface area contributed by atoms with Gasteiger partial charge in [-0.25, -0.2) is 0 Å². The molecule has 2 rings (SSSR count). The minimum absolute atomic E-state index is 0.160. The summed E-state index contributed by atoms with van der Waals surface area (Å²) in [5.41, 5.74) is 2.60. The van der Waals surface area contributed by atoms with Gasteiger partial charge in [-0.05, 0) is 38.0 Å². The van der Waals surface area contributed by atoms with E-state index < -0.39 is 0 Å². The maximum absolute atomic E-state index is 6.06. The third-order valence-corrected chi connectivity index (χ3v) is 2.56. The standard InChI is InChI=1S/C10H12ClN/c1-10(2)6-7-8(11)4-3-5-9(7)12-10/h3-5,12H,6H2,1-2H3. The largest absolute Gasteiger partial charge is 0.380 e. The SMILES string of the molecule is CC1(C)Cc2c(Cl)cccc2N1. The molecule has 0 aliphatic carbocycles. The fourth-order valence-electron chi connectivity index (χ4n) is 1.71. The fourth-order valence-corrected chi connectivity index (χ4v) is 1.95. The van der Waals surface area contributed by atoms with Crippen LogP contribution in [0.1, 0.15) is 19.4 Å². The van der Waals surface area contributed by atoms with E-state index in [9.17, 15) is 0 Å². The molecule has 64 valence electrons. The summed E-state index contributed by atoms with van der Waals surface area (Å²) in [6.45, 7) is 4.37. The summed E-state index contributed by atoms with van der Waals surface area (Å²) < 4.78 is 0. The van der Waals surface area contributed by atoms with Crippen molar-refractivity contribution in [3.63, 3.8) is 0 Å². The third-order valence-electron chi connectivity index (χ3n) is 2.21. The van der Waals surface area contributed by atoms with Crippen LogP contribution in [-0.2, 0) is 6.42 Å². The fraction of sp³-hybridized carbons (Fsp3) is 0.400. The van der Waals surface area contributed by atoms with E-state index in [4.69, 9.17) is 11.6 Å². The van der Waals surface area contributed by atoms with Gasteiger partial charge in [-0.15, -0.1) is 0 Å². The van der Waals surface area contributed by atoms with Crippen molar-refractivity contribution in [1.82, 2.24) is 0 Å². The highest BCUT2D eigenvalue weighted by molar-refractivity contribution is 6.31. The Hall–Kier alpha value is -0.690. The lowest BCUT2D eigenvalue weighted by atomic mass is 10.0. The quantitative estimate of drug-likeness (QED) is 0.649. The van der Waals surface area contributed by atoms with Gasteiger partial charge in [0, 0.05) is 16.2 Å². The van der Waals surface area contributed by atoms with Gasteiger partial charge in [0.1, 0.15) is 0 Å². The van der Waals surface area contributed by atoms with Crippen molar-refractivity contribution in [2.45, 2.75) is 25.8 Å². The average molecular weight is 182 g/mol. The van der Waals surface area contributed by atoms with Crippen molar-refractivity contribution in [2.75, 3.05) is 5.32 Å². The number of halogens is 1. The van der Waals surface area contributed by atoms with Gasteiger partial charge in [0.2, 0.25) is 0 Å². The molecule has 1 aliphatic heterocycles. The molecule has 0 saturated heterocycles. The number of fused-ring (bicyclic) bond motifs is 1. The van der Waals surface area contributed by atoms with Crippen LogP contribution in [0, 0.1) is 0 Å². The third kappa shape index (κ3) is 1.18. The monoisotopic (exact) mass is 181 g/mol. The molecule has 0 radical (unpaired) electrons. The number of benzene rings is 1. The first-order valence-corrected chi connectivity index (χ1v) is 4.52. The summed E-state index contributed by atoms with van der Waals surface area (Å²) in [5, 5.41) is 4.31. The molecule has 1 aromatic carbocycles. The molecule has 0 atom stereocenters. The first-order chi connectivity index (χ1) is 5.58. The zero-order chi connectivity index (χ0) is 8.77. The molecule has 1 aromatic rings. The van der Waals surface area contributed by atoms with E-state index >= 15 is 0 Å². The van der Waals surface area contributed by atoms with E-state index in [0.717, 1.165) is 11.4 Å². The molecule has 0 amide bonds. The number of rotatable bonds is 0. The zero-order valence-electron chi connectivity index (χ0n) is 7.32. The van der Waals surface area contributed by atoms with Crippen LogP contribution in [0.3, 0.4) is 0 Å². The number of anilines is 1. The second-order valence-corrected chi connectivity index (χ2v) is 4.36. The van der Waals surface area contributed by atoms with Crippen molar-refractivity contribution in [1.29, 1.82) is 0 Å². The highest BCUT2D eigenvalue weighted by atomic mass is 35.5. The van der Waals surface area contributed by atoms with Crippen LogP contribution in [0.4, 0.5) is 5.69 Å². The first-order valence-electron chi connectivity index (χ1n) is 4.14. The molecule has 1 aliphatic rings. The Morgan fingerprint density at radius 1 is 1.42 bits per heavy atom. The molecule has 2 heteroatoms. The Labute approximate surface area is 77.7 Å². The highest BCUT2D eigenvalue weighted by Gasteiger charge is 2.28. The lowest BCUT2D eigenvalue weighted by molar-refractivity contribution is 0.594. The van der Waals surface area contributed by atoms with Crippen LogP contribution in [0.2, 0.25) is 5.02 Å². The molecular weight excluding hydrogens is 170 g/mol. The molecular formula is C10H12ClN. The summed E-state index contributed by atoms with van der Waals surface area (Å²) in [5.74, 6) is 0. The zero-order valence-corrected chi connectivity index (χ0v) is 8.07. The Morgan fingerprint density at radius 3 is 2.83 bits per heavy atom. The van der Waals surface area contributed by atoms with Crippen molar-refractivity contribution >= 4 is 17.3 Å². The maximum Gasteiger partial charge on any atom is 0.0459 e. The van der Waals surface area contributed by atoms with Crippen LogP contribution < -0.4 is 5.32 Å². The molecule has 0 aromatic heterocycles. The van der Waals surface area contributed by atoms with E-state index in [1.54, 1.807) is 0 Å². The molecule has 0 fully saturated rings. The van der Waals surface area contributed by atoms with Gasteiger partial charge in [0.05, 0.1) is 0 Å². The smallest absolute Gasteiger partial charge is 0.0459 e. The molecule has 0 spiro atoms. The van der Waals surface area contributed by atoms with Gasteiger partial charge in [-0.2, -0.15) is 0 Å². The molecule has 0 bridgehead atoms. The average Bonchev–Trinajstić information content (AvgIpc) is 2.25. The Balaban J connectivity index is 2.48. The Morgan fingerprint density at radius 2 is 2.17 bits per heavy atom. The molecule has 0 saturated carbocycles. The Bertz CT molecular complexity index is 318.